The molecule has 11 heteroatoms. The number of nitrogens with one attached hydrogen (secondary N) is 1. The van der Waals surface area contributed by atoms with Crippen LogP contribution in [-0.4, -0.2) is 52.8 Å². The Morgan fingerprint density at radius 2 is 1.86 bits per heavy atom. The van der Waals surface area contributed by atoms with Gasteiger partial charge in [0.25, 0.3) is 0 Å². The molecule has 0 radical (unpaired) electrons. The van der Waals surface area contributed by atoms with Crippen molar-refractivity contribution in [1.82, 2.24) is 25.5 Å². The largest absolute Gasteiger partial charge is 0.493 e. The van der Waals surface area contributed by atoms with Gasteiger partial charge in [-0.1, -0.05) is 36.0 Å². The second-order valence-corrected chi connectivity index (χ2v) is 10.0. The molecule has 1 aliphatic rings. The summed E-state index contributed by atoms with van der Waals surface area (Å²) in [4.78, 5) is 0. The average Bonchev–Trinajstić information content (AvgIpc) is 3.41. The first kappa shape index (κ1) is 25.4. The fourth-order valence-electron chi connectivity index (χ4n) is 3.80. The smallest absolute Gasteiger partial charge is 0.214 e. The molecular formula is C26H26BrN5O4S. The van der Waals surface area contributed by atoms with Crippen molar-refractivity contribution in [2.24, 2.45) is 0 Å². The zero-order chi connectivity index (χ0) is 25.5. The van der Waals surface area contributed by atoms with Crippen molar-refractivity contribution >= 4 is 27.7 Å². The Bertz CT molecular complexity index is 1340. The zero-order valence-corrected chi connectivity index (χ0v) is 22.6. The topological polar surface area (TPSA) is 92.6 Å². The number of aromatic nitrogens is 4. The summed E-state index contributed by atoms with van der Waals surface area (Å²) in [6.45, 7) is 2.97. The van der Waals surface area contributed by atoms with Crippen LogP contribution >= 0.6 is 27.7 Å². The van der Waals surface area contributed by atoms with Gasteiger partial charge < -0.3 is 24.3 Å². The summed E-state index contributed by atoms with van der Waals surface area (Å²) < 4.78 is 25.6. The molecule has 5 rings (SSSR count). The third-order valence-electron chi connectivity index (χ3n) is 5.56. The van der Waals surface area contributed by atoms with Crippen LogP contribution in [0.3, 0.4) is 0 Å². The van der Waals surface area contributed by atoms with Crippen molar-refractivity contribution < 1.29 is 18.9 Å². The number of hydrogen-bond acceptors (Lipinski definition) is 9. The molecule has 37 heavy (non-hydrogen) atoms. The summed E-state index contributed by atoms with van der Waals surface area (Å²) in [6, 6.07) is 19.7. The summed E-state index contributed by atoms with van der Waals surface area (Å²) in [5.74, 6) is 3.65. The van der Waals surface area contributed by atoms with Gasteiger partial charge in [0.1, 0.15) is 19.8 Å². The van der Waals surface area contributed by atoms with E-state index >= 15 is 0 Å². The molecule has 0 saturated heterocycles. The maximum Gasteiger partial charge on any atom is 0.214 e. The highest BCUT2D eigenvalue weighted by molar-refractivity contribution is 9.10. The van der Waals surface area contributed by atoms with Gasteiger partial charge in [-0.25, -0.2) is 0 Å². The second-order valence-electron chi connectivity index (χ2n) is 8.11. The molecule has 3 aromatic carbocycles. The molecule has 0 spiro atoms. The lowest BCUT2D eigenvalue weighted by Gasteiger charge is -2.19. The molecule has 9 nitrogen and oxygen atoms in total. The van der Waals surface area contributed by atoms with E-state index in [1.165, 1.54) is 0 Å². The number of para-hydroxylation sites is 1. The Kier molecular flexibility index (Phi) is 8.44. The van der Waals surface area contributed by atoms with Crippen LogP contribution in [0.5, 0.6) is 23.0 Å². The lowest BCUT2D eigenvalue weighted by molar-refractivity contribution is 0.171. The van der Waals surface area contributed by atoms with Gasteiger partial charge in [-0.2, -0.15) is 4.68 Å². The predicted molar refractivity (Wildman–Crippen MR) is 144 cm³/mol. The Morgan fingerprint density at radius 3 is 2.70 bits per heavy atom. The second kappa shape index (κ2) is 12.3. The Labute approximate surface area is 227 Å². The monoisotopic (exact) mass is 583 g/mol. The van der Waals surface area contributed by atoms with Gasteiger partial charge in [0.05, 0.1) is 17.3 Å². The molecule has 0 unspecified atom stereocenters. The predicted octanol–water partition coefficient (Wildman–Crippen LogP) is 4.67. The summed E-state index contributed by atoms with van der Waals surface area (Å²) in [5, 5.41) is 16.3. The minimum atomic E-state index is 0.378. The number of rotatable bonds is 11. The molecule has 1 aliphatic heterocycles. The van der Waals surface area contributed by atoms with E-state index in [4.69, 9.17) is 18.9 Å². The number of fused-ring (bicyclic) bond motifs is 1. The summed E-state index contributed by atoms with van der Waals surface area (Å²) in [6.07, 6.45) is 0. The van der Waals surface area contributed by atoms with Crippen molar-refractivity contribution in [3.8, 4) is 28.7 Å². The average molecular weight is 584 g/mol. The summed E-state index contributed by atoms with van der Waals surface area (Å²) in [5.41, 5.74) is 3.01. The number of methoxy groups -OCH3 is 1. The number of thioether (sulfide) groups is 1. The fraction of sp³-hybridized carbons (Fsp3) is 0.269. The van der Waals surface area contributed by atoms with Crippen LogP contribution in [0.1, 0.15) is 11.1 Å². The van der Waals surface area contributed by atoms with Crippen LogP contribution in [0.2, 0.25) is 0 Å². The quantitative estimate of drug-likeness (QED) is 0.200. The number of benzene rings is 3. The Hall–Kier alpha value is -3.28. The number of nitrogens with zero attached hydrogens (tertiary/aromatic N) is 4. The van der Waals surface area contributed by atoms with Gasteiger partial charge in [-0.3, -0.25) is 0 Å². The molecule has 1 N–H and O–H groups in total. The maximum absolute atomic E-state index is 6.11. The van der Waals surface area contributed by atoms with E-state index < -0.39 is 0 Å². The highest BCUT2D eigenvalue weighted by atomic mass is 79.9. The summed E-state index contributed by atoms with van der Waals surface area (Å²) >= 11 is 5.25. The molecule has 0 amide bonds. The zero-order valence-electron chi connectivity index (χ0n) is 20.2. The van der Waals surface area contributed by atoms with E-state index in [2.05, 4.69) is 36.8 Å². The van der Waals surface area contributed by atoms with E-state index in [9.17, 15) is 0 Å². The number of tetrazole rings is 1. The van der Waals surface area contributed by atoms with E-state index in [1.807, 2.05) is 60.7 Å². The molecule has 2 heterocycles. The normalized spacial score (nSPS) is 12.4. The van der Waals surface area contributed by atoms with Gasteiger partial charge >= 0.3 is 0 Å². The molecule has 0 fully saturated rings. The van der Waals surface area contributed by atoms with Crippen LogP contribution in [0.4, 0.5) is 0 Å². The lowest BCUT2D eigenvalue weighted by Crippen LogP contribution is -2.17. The maximum atomic E-state index is 6.11. The minimum Gasteiger partial charge on any atom is -0.493 e. The van der Waals surface area contributed by atoms with E-state index in [1.54, 1.807) is 23.6 Å². The van der Waals surface area contributed by atoms with Crippen molar-refractivity contribution in [3.63, 3.8) is 0 Å². The molecule has 0 aliphatic carbocycles. The molecule has 192 valence electrons. The van der Waals surface area contributed by atoms with Gasteiger partial charge in [-0.15, -0.1) is 5.10 Å². The van der Waals surface area contributed by atoms with Gasteiger partial charge in [0.15, 0.2) is 23.0 Å². The van der Waals surface area contributed by atoms with Gasteiger partial charge in [0.2, 0.25) is 5.16 Å². The van der Waals surface area contributed by atoms with Crippen LogP contribution in [0, 0.1) is 0 Å². The molecule has 0 bridgehead atoms. The van der Waals surface area contributed by atoms with Gasteiger partial charge in [0, 0.05) is 18.8 Å². The van der Waals surface area contributed by atoms with Crippen LogP contribution in [0.15, 0.2) is 70.3 Å². The lowest BCUT2D eigenvalue weighted by atomic mass is 10.2. The Balaban J connectivity index is 1.13. The SMILES string of the molecule is COc1cc(CNCCSc2nnnn2-c2ccccc2)cc(Br)c1OCc1ccc2c(c1)OCCO2. The molecule has 4 aromatic rings. The van der Waals surface area contributed by atoms with Crippen LogP contribution in [-0.2, 0) is 13.2 Å². The number of ether oxygens (including phenoxy) is 4. The van der Waals surface area contributed by atoms with Crippen LogP contribution in [0.25, 0.3) is 5.69 Å². The highest BCUT2D eigenvalue weighted by Gasteiger charge is 2.15. The first-order valence-electron chi connectivity index (χ1n) is 11.8. The van der Waals surface area contributed by atoms with E-state index in [0.29, 0.717) is 37.9 Å². The fourth-order valence-corrected chi connectivity index (χ4v) is 5.19. The third kappa shape index (κ3) is 6.35. The number of hydrogen-bond donors (Lipinski definition) is 1. The minimum absolute atomic E-state index is 0.378. The van der Waals surface area contributed by atoms with Crippen molar-refractivity contribution in [1.29, 1.82) is 0 Å². The first-order chi connectivity index (χ1) is 18.2. The molecule has 0 atom stereocenters. The first-order valence-corrected chi connectivity index (χ1v) is 13.5. The Morgan fingerprint density at radius 1 is 1.03 bits per heavy atom. The van der Waals surface area contributed by atoms with Crippen molar-refractivity contribution in [2.45, 2.75) is 18.3 Å². The third-order valence-corrected chi connectivity index (χ3v) is 7.07. The molecule has 0 saturated carbocycles. The van der Waals surface area contributed by atoms with Gasteiger partial charge in [-0.05, 0) is 73.9 Å². The molecular weight excluding hydrogens is 558 g/mol. The van der Waals surface area contributed by atoms with E-state index in [-0.39, 0.29) is 0 Å². The standard InChI is InChI=1S/C26H26BrN5O4S/c1-33-24-15-19(16-28-9-12-37-26-29-30-31-32(26)20-5-3-2-4-6-20)13-21(27)25(24)36-17-18-7-8-22-23(14-18)35-11-10-34-22/h2-8,13-15,28H,9-12,16-17H2,1H3. The van der Waals surface area contributed by atoms with E-state index in [0.717, 1.165) is 50.2 Å². The summed E-state index contributed by atoms with van der Waals surface area (Å²) in [7, 11) is 1.64. The highest BCUT2D eigenvalue weighted by Crippen LogP contribution is 2.38. The van der Waals surface area contributed by atoms with Crippen molar-refractivity contribution in [2.75, 3.05) is 32.6 Å². The van der Waals surface area contributed by atoms with Crippen LogP contribution < -0.4 is 24.3 Å². The molecule has 1 aromatic heterocycles. The van der Waals surface area contributed by atoms with Crippen molar-refractivity contribution in [3.05, 3.63) is 76.3 Å². The number of halogens is 1.